The molecule has 5 heteroatoms. The number of nitrogens with zero attached hydrogens (tertiary/aromatic N) is 3. The van der Waals surface area contributed by atoms with Crippen molar-refractivity contribution in [2.75, 3.05) is 5.32 Å². The van der Waals surface area contributed by atoms with Gasteiger partial charge in [0.2, 0.25) is 5.95 Å². The molecular formula is C14H20N4S. The van der Waals surface area contributed by atoms with E-state index in [2.05, 4.69) is 39.9 Å². The van der Waals surface area contributed by atoms with Crippen LogP contribution in [0, 0.1) is 6.92 Å². The normalized spacial score (nSPS) is 16.6. The van der Waals surface area contributed by atoms with E-state index in [1.165, 1.54) is 17.7 Å². The van der Waals surface area contributed by atoms with Gasteiger partial charge in [0.15, 0.2) is 0 Å². The summed E-state index contributed by atoms with van der Waals surface area (Å²) in [4.78, 5) is 10.4. The van der Waals surface area contributed by atoms with Gasteiger partial charge in [-0.3, -0.25) is 0 Å². The van der Waals surface area contributed by atoms with Crippen LogP contribution in [-0.4, -0.2) is 14.5 Å². The first kappa shape index (κ1) is 12.7. The molecule has 0 aliphatic heterocycles. The zero-order chi connectivity index (χ0) is 13.4. The second-order valence-corrected chi connectivity index (χ2v) is 6.38. The molecule has 2 heterocycles. The van der Waals surface area contributed by atoms with E-state index in [9.17, 15) is 0 Å². The summed E-state index contributed by atoms with van der Waals surface area (Å²) < 4.78 is 2.28. The van der Waals surface area contributed by atoms with Crippen LogP contribution in [0.1, 0.15) is 54.4 Å². The monoisotopic (exact) mass is 276 g/mol. The number of aryl methyl sites for hydroxylation is 2. The Morgan fingerprint density at radius 2 is 2.32 bits per heavy atom. The number of imidazole rings is 1. The number of hydrogen-bond donors (Lipinski definition) is 1. The summed E-state index contributed by atoms with van der Waals surface area (Å²) in [6.07, 6.45) is 7.73. The van der Waals surface area contributed by atoms with Gasteiger partial charge in [0, 0.05) is 23.3 Å². The highest BCUT2D eigenvalue weighted by Gasteiger charge is 2.27. The Balaban J connectivity index is 1.76. The molecule has 0 saturated heterocycles. The second kappa shape index (κ2) is 4.96. The van der Waals surface area contributed by atoms with Gasteiger partial charge in [-0.2, -0.15) is 0 Å². The van der Waals surface area contributed by atoms with E-state index in [1.807, 2.05) is 13.1 Å². The fraction of sp³-hybridized carbons (Fsp3) is 0.571. The van der Waals surface area contributed by atoms with E-state index < -0.39 is 0 Å². The maximum absolute atomic E-state index is 4.59. The number of rotatable bonds is 5. The third kappa shape index (κ3) is 2.66. The van der Waals surface area contributed by atoms with Crippen molar-refractivity contribution >= 4 is 17.3 Å². The third-order valence-corrected chi connectivity index (χ3v) is 4.75. The zero-order valence-electron chi connectivity index (χ0n) is 11.7. The molecule has 2 aromatic rings. The van der Waals surface area contributed by atoms with E-state index in [0.29, 0.717) is 6.04 Å². The van der Waals surface area contributed by atoms with Gasteiger partial charge in [-0.25, -0.2) is 9.97 Å². The molecule has 0 bridgehead atoms. The molecule has 1 aliphatic carbocycles. The minimum absolute atomic E-state index is 0.213. The van der Waals surface area contributed by atoms with Crippen LogP contribution in [0.15, 0.2) is 12.4 Å². The van der Waals surface area contributed by atoms with Crippen LogP contribution in [0.25, 0.3) is 0 Å². The maximum Gasteiger partial charge on any atom is 0.203 e. The summed E-state index contributed by atoms with van der Waals surface area (Å²) in [7, 11) is 0. The molecule has 1 fully saturated rings. The van der Waals surface area contributed by atoms with Gasteiger partial charge in [-0.05, 0) is 33.1 Å². The molecule has 1 saturated carbocycles. The first-order valence-electron chi connectivity index (χ1n) is 6.94. The molecule has 0 radical (unpaired) electrons. The minimum atomic E-state index is 0.213. The summed E-state index contributed by atoms with van der Waals surface area (Å²) in [6, 6.07) is 0.864. The van der Waals surface area contributed by atoms with Crippen LogP contribution in [-0.2, 0) is 6.42 Å². The van der Waals surface area contributed by atoms with Gasteiger partial charge in [-0.1, -0.05) is 6.92 Å². The first-order chi connectivity index (χ1) is 9.17. The average Bonchev–Trinajstić information content (AvgIpc) is 2.99. The fourth-order valence-corrected chi connectivity index (χ4v) is 3.06. The van der Waals surface area contributed by atoms with Crippen LogP contribution in [0.3, 0.4) is 0 Å². The Labute approximate surface area is 117 Å². The van der Waals surface area contributed by atoms with Crippen LogP contribution in [0.2, 0.25) is 0 Å². The second-order valence-electron chi connectivity index (χ2n) is 5.23. The lowest BCUT2D eigenvalue weighted by Gasteiger charge is -2.13. The summed E-state index contributed by atoms with van der Waals surface area (Å²) >= 11 is 1.79. The van der Waals surface area contributed by atoms with Crippen molar-refractivity contribution < 1.29 is 0 Å². The lowest BCUT2D eigenvalue weighted by Crippen LogP contribution is -2.11. The predicted octanol–water partition coefficient (Wildman–Crippen LogP) is 3.72. The highest BCUT2D eigenvalue weighted by Crippen LogP contribution is 2.38. The Morgan fingerprint density at radius 3 is 2.95 bits per heavy atom. The Bertz CT molecular complexity index is 568. The molecule has 1 atom stereocenters. The van der Waals surface area contributed by atoms with Crippen molar-refractivity contribution in [2.24, 2.45) is 0 Å². The van der Waals surface area contributed by atoms with E-state index >= 15 is 0 Å². The SMILES string of the molecule is CCc1cnc(C(C)Nc2nc(C)cn2C2CC2)s1. The first-order valence-corrected chi connectivity index (χ1v) is 7.75. The van der Waals surface area contributed by atoms with E-state index in [0.717, 1.165) is 23.1 Å². The molecule has 0 spiro atoms. The Morgan fingerprint density at radius 1 is 1.53 bits per heavy atom. The third-order valence-electron chi connectivity index (χ3n) is 3.43. The van der Waals surface area contributed by atoms with Crippen molar-refractivity contribution in [2.45, 2.75) is 52.1 Å². The maximum atomic E-state index is 4.59. The van der Waals surface area contributed by atoms with Crippen molar-refractivity contribution in [1.29, 1.82) is 0 Å². The van der Waals surface area contributed by atoms with Crippen LogP contribution in [0.5, 0.6) is 0 Å². The number of anilines is 1. The lowest BCUT2D eigenvalue weighted by molar-refractivity contribution is 0.726. The summed E-state index contributed by atoms with van der Waals surface area (Å²) in [5.74, 6) is 0.987. The van der Waals surface area contributed by atoms with Crippen molar-refractivity contribution in [3.63, 3.8) is 0 Å². The quantitative estimate of drug-likeness (QED) is 0.905. The Hall–Kier alpha value is -1.36. The Kier molecular flexibility index (Phi) is 3.31. The topological polar surface area (TPSA) is 42.7 Å². The van der Waals surface area contributed by atoms with Crippen molar-refractivity contribution in [1.82, 2.24) is 14.5 Å². The van der Waals surface area contributed by atoms with Crippen LogP contribution in [0.4, 0.5) is 5.95 Å². The van der Waals surface area contributed by atoms with Crippen LogP contribution >= 0.6 is 11.3 Å². The van der Waals surface area contributed by atoms with Gasteiger partial charge >= 0.3 is 0 Å². The summed E-state index contributed by atoms with van der Waals surface area (Å²) in [5.41, 5.74) is 1.08. The summed E-state index contributed by atoms with van der Waals surface area (Å²) in [6.45, 7) is 6.37. The molecule has 19 heavy (non-hydrogen) atoms. The highest BCUT2D eigenvalue weighted by atomic mass is 32.1. The largest absolute Gasteiger partial charge is 0.347 e. The molecule has 102 valence electrons. The molecule has 0 amide bonds. The van der Waals surface area contributed by atoms with Crippen LogP contribution < -0.4 is 5.32 Å². The molecule has 2 aromatic heterocycles. The van der Waals surface area contributed by atoms with E-state index in [1.54, 1.807) is 11.3 Å². The van der Waals surface area contributed by atoms with Crippen molar-refractivity contribution in [3.8, 4) is 0 Å². The predicted molar refractivity (Wildman–Crippen MR) is 78.8 cm³/mol. The number of aromatic nitrogens is 3. The number of nitrogens with one attached hydrogen (secondary N) is 1. The van der Waals surface area contributed by atoms with Crippen molar-refractivity contribution in [3.05, 3.63) is 28.0 Å². The van der Waals surface area contributed by atoms with Gasteiger partial charge in [0.05, 0.1) is 11.7 Å². The lowest BCUT2D eigenvalue weighted by atomic mass is 10.3. The summed E-state index contributed by atoms with van der Waals surface area (Å²) in [5, 5.41) is 4.64. The molecule has 0 aromatic carbocycles. The zero-order valence-corrected chi connectivity index (χ0v) is 12.5. The number of thiazole rings is 1. The standard InChI is InChI=1S/C14H20N4S/c1-4-12-7-15-13(19-12)10(3)17-14-16-9(2)8-18(14)11-5-6-11/h7-8,10-11H,4-6H2,1-3H3,(H,16,17). The molecule has 4 nitrogen and oxygen atoms in total. The van der Waals surface area contributed by atoms with Gasteiger partial charge < -0.3 is 9.88 Å². The number of hydrogen-bond acceptors (Lipinski definition) is 4. The van der Waals surface area contributed by atoms with E-state index in [-0.39, 0.29) is 6.04 Å². The van der Waals surface area contributed by atoms with Gasteiger partial charge in [0.25, 0.3) is 0 Å². The smallest absolute Gasteiger partial charge is 0.203 e. The average molecular weight is 276 g/mol. The highest BCUT2D eigenvalue weighted by molar-refractivity contribution is 7.11. The minimum Gasteiger partial charge on any atom is -0.347 e. The molecule has 1 unspecified atom stereocenters. The molecule has 1 aliphatic rings. The van der Waals surface area contributed by atoms with Gasteiger partial charge in [-0.15, -0.1) is 11.3 Å². The van der Waals surface area contributed by atoms with Gasteiger partial charge in [0.1, 0.15) is 5.01 Å². The molecular weight excluding hydrogens is 256 g/mol. The molecule has 1 N–H and O–H groups in total. The van der Waals surface area contributed by atoms with E-state index in [4.69, 9.17) is 0 Å². The fourth-order valence-electron chi connectivity index (χ4n) is 2.20. The molecule has 3 rings (SSSR count).